The zero-order valence-corrected chi connectivity index (χ0v) is 42.1. The summed E-state index contributed by atoms with van der Waals surface area (Å²) < 4.78 is 75.7. The Bertz CT molecular complexity index is 2050. The average molecular weight is 993 g/mol. The number of alkyl halides is 3. The maximum absolute atomic E-state index is 14.5. The lowest BCUT2D eigenvalue weighted by Crippen LogP contribution is -2.64. The molecule has 70 heavy (non-hydrogen) atoms. The molecule has 14 atom stereocenters. The Hall–Kier alpha value is -4.04. The highest BCUT2D eigenvalue weighted by molar-refractivity contribution is 6.39. The van der Waals surface area contributed by atoms with Gasteiger partial charge in [0, 0.05) is 57.7 Å². The van der Waals surface area contributed by atoms with Crippen molar-refractivity contribution < 1.29 is 75.8 Å². The van der Waals surface area contributed by atoms with Crippen LogP contribution >= 0.6 is 0 Å². The molecule has 15 nitrogen and oxygen atoms in total. The molecule has 0 radical (unpaired) electrons. The van der Waals surface area contributed by atoms with E-state index < -0.39 is 114 Å². The standard InChI is InChI=1S/C52H75F3N2O13/c1-10-35-21-29(2)20-30(3)22-43(66-8)47-44(67-9)24-32(5)51(64,70-47)48(61)49(62)57-19-12-11-16-38(57)50(63)69-46(33(6)39(58)27-40(35)59)31(4)23-34-17-18-41(42(25-34)65-7)68-28-45(60)56-37-15-13-14-36(26-37)52(53,54)55/h13-15,21,23,26,30,32-35,38-39,41-44,46-47,58,64H,10-12,16-20,22,24-25,27-28H2,1-9H3,(H,56,60)/b29-21+,31-23+/t30-,32+,33+,34?,35+,38-,39-,41+,42+,43-,44-,46+,47+,51+/m0/s1. The van der Waals surface area contributed by atoms with Gasteiger partial charge in [-0.1, -0.05) is 51.5 Å². The van der Waals surface area contributed by atoms with Gasteiger partial charge < -0.3 is 48.9 Å². The molecule has 3 fully saturated rings. The minimum Gasteiger partial charge on any atom is -0.456 e. The van der Waals surface area contributed by atoms with Gasteiger partial charge in [-0.05, 0) is 114 Å². The number of esters is 1. The second-order valence-corrected chi connectivity index (χ2v) is 20.1. The summed E-state index contributed by atoms with van der Waals surface area (Å²) >= 11 is 0. The summed E-state index contributed by atoms with van der Waals surface area (Å²) in [5, 5.41) is 26.4. The molecule has 2 saturated heterocycles. The zero-order valence-electron chi connectivity index (χ0n) is 42.1. The van der Waals surface area contributed by atoms with Gasteiger partial charge in [0.05, 0.1) is 36.1 Å². The molecular formula is C52H75F3N2O13. The Morgan fingerprint density at radius 1 is 0.943 bits per heavy atom. The Balaban J connectivity index is 1.41. The normalized spacial score (nSPS) is 35.7. The van der Waals surface area contributed by atoms with E-state index in [4.69, 9.17) is 28.4 Å². The number of anilines is 1. The van der Waals surface area contributed by atoms with E-state index in [1.807, 2.05) is 32.9 Å². The Morgan fingerprint density at radius 3 is 2.29 bits per heavy atom. The lowest BCUT2D eigenvalue weighted by atomic mass is 9.81. The third-order valence-electron chi connectivity index (χ3n) is 14.8. The number of halogens is 3. The van der Waals surface area contributed by atoms with Gasteiger partial charge in [0.15, 0.2) is 0 Å². The molecule has 1 saturated carbocycles. The topological polar surface area (TPSA) is 196 Å². The van der Waals surface area contributed by atoms with Crippen LogP contribution in [0.2, 0.25) is 0 Å². The number of ketones is 2. The number of benzene rings is 1. The van der Waals surface area contributed by atoms with Crippen LogP contribution in [-0.4, -0.2) is 134 Å². The molecule has 0 spiro atoms. The number of carbonyl (C=O) groups excluding carboxylic acids is 5. The van der Waals surface area contributed by atoms with E-state index in [2.05, 4.69) is 5.32 Å². The van der Waals surface area contributed by atoms with Crippen LogP contribution in [0.15, 0.2) is 47.6 Å². The monoisotopic (exact) mass is 993 g/mol. The summed E-state index contributed by atoms with van der Waals surface area (Å²) in [6, 6.07) is 3.09. The third kappa shape index (κ3) is 14.1. The summed E-state index contributed by atoms with van der Waals surface area (Å²) in [5.41, 5.74) is 0.595. The van der Waals surface area contributed by atoms with Crippen LogP contribution in [0.1, 0.15) is 118 Å². The van der Waals surface area contributed by atoms with Crippen molar-refractivity contribution >= 4 is 35.0 Å². The van der Waals surface area contributed by atoms with Gasteiger partial charge in [0.1, 0.15) is 30.6 Å². The number of piperidine rings is 1. The van der Waals surface area contributed by atoms with Crippen LogP contribution in [0, 0.1) is 29.6 Å². The van der Waals surface area contributed by atoms with Crippen LogP contribution in [0.25, 0.3) is 0 Å². The molecule has 3 aliphatic heterocycles. The number of aliphatic hydroxyl groups is 2. The molecule has 3 N–H and O–H groups in total. The summed E-state index contributed by atoms with van der Waals surface area (Å²) in [5.74, 6) is -8.87. The smallest absolute Gasteiger partial charge is 0.416 e. The molecule has 392 valence electrons. The van der Waals surface area contributed by atoms with Crippen LogP contribution in [0.4, 0.5) is 18.9 Å². The van der Waals surface area contributed by atoms with Crippen molar-refractivity contribution in [3.63, 3.8) is 0 Å². The number of aliphatic hydroxyl groups excluding tert-OH is 1. The number of fused-ring (bicyclic) bond motifs is 3. The molecule has 1 aliphatic carbocycles. The summed E-state index contributed by atoms with van der Waals surface area (Å²) in [4.78, 5) is 71.1. The SMILES string of the molecule is CC[C@@H]1/C=C(\C)C[C@H](C)C[C@H](OC)[C@H]2O[C@@](O)(C(=O)C(=O)N3CCCC[C@H]3C(=O)O[C@H](/C(C)=C/C3CC[C@@H](OCC(=O)Nc4cccc(C(F)(F)F)c4)[C@H](OC)C3)[C@H](C)[C@@H](O)CC1=O)[C@H](C)C[C@@H]2OC. The van der Waals surface area contributed by atoms with Crippen LogP contribution in [0.3, 0.4) is 0 Å². The minimum absolute atomic E-state index is 0.0124. The minimum atomic E-state index is -4.58. The maximum Gasteiger partial charge on any atom is 0.416 e. The van der Waals surface area contributed by atoms with E-state index in [9.17, 15) is 47.4 Å². The molecule has 2 amide bonds. The number of Topliss-reactive ketones (excluding diaryl/α,β-unsaturated/α-hetero) is 2. The van der Waals surface area contributed by atoms with Crippen LogP contribution < -0.4 is 5.32 Å². The van der Waals surface area contributed by atoms with Crippen molar-refractivity contribution in [2.75, 3.05) is 39.8 Å². The van der Waals surface area contributed by atoms with Crippen molar-refractivity contribution in [3.05, 3.63) is 53.1 Å². The quantitative estimate of drug-likeness (QED) is 0.122. The number of amides is 2. The fourth-order valence-corrected chi connectivity index (χ4v) is 10.7. The molecule has 1 aromatic rings. The van der Waals surface area contributed by atoms with Gasteiger partial charge in [0.25, 0.3) is 11.7 Å². The number of nitrogens with zero attached hydrogens (tertiary/aromatic N) is 1. The lowest BCUT2D eigenvalue weighted by Gasteiger charge is -2.47. The van der Waals surface area contributed by atoms with Crippen molar-refractivity contribution in [1.29, 1.82) is 0 Å². The molecule has 1 aromatic carbocycles. The maximum atomic E-state index is 14.5. The Kier molecular flexibility index (Phi) is 20.4. The second kappa shape index (κ2) is 25.1. The molecule has 5 rings (SSSR count). The highest BCUT2D eigenvalue weighted by atomic mass is 19.4. The number of nitrogens with one attached hydrogen (secondary N) is 1. The molecule has 3 heterocycles. The van der Waals surface area contributed by atoms with Crippen molar-refractivity contribution in [3.8, 4) is 0 Å². The fourth-order valence-electron chi connectivity index (χ4n) is 10.7. The number of allylic oxidation sites excluding steroid dienone is 3. The molecule has 2 bridgehead atoms. The van der Waals surface area contributed by atoms with Gasteiger partial charge in [-0.15, -0.1) is 0 Å². The van der Waals surface area contributed by atoms with Gasteiger partial charge in [-0.2, -0.15) is 13.2 Å². The fraction of sp³-hybridized carbons (Fsp3) is 0.712. The molecular weight excluding hydrogens is 918 g/mol. The van der Waals surface area contributed by atoms with Gasteiger partial charge in [-0.25, -0.2) is 4.79 Å². The number of ether oxygens (including phenoxy) is 6. The first kappa shape index (κ1) is 56.9. The lowest BCUT2D eigenvalue weighted by molar-refractivity contribution is -0.302. The number of cyclic esters (lactones) is 1. The predicted octanol–water partition coefficient (Wildman–Crippen LogP) is 7.15. The largest absolute Gasteiger partial charge is 0.456 e. The number of rotatable bonds is 10. The highest BCUT2D eigenvalue weighted by Gasteiger charge is 2.56. The number of carbonyl (C=O) groups is 5. The number of hydrogen-bond donors (Lipinski definition) is 3. The van der Waals surface area contributed by atoms with Crippen LogP contribution in [0.5, 0.6) is 0 Å². The predicted molar refractivity (Wildman–Crippen MR) is 252 cm³/mol. The Morgan fingerprint density at radius 2 is 1.63 bits per heavy atom. The van der Waals surface area contributed by atoms with Crippen molar-refractivity contribution in [1.82, 2.24) is 4.90 Å². The first-order valence-electron chi connectivity index (χ1n) is 24.7. The third-order valence-corrected chi connectivity index (χ3v) is 14.8. The first-order valence-corrected chi connectivity index (χ1v) is 24.7. The number of methoxy groups -OCH3 is 3. The first-order chi connectivity index (χ1) is 33.0. The van der Waals surface area contributed by atoms with Crippen molar-refractivity contribution in [2.45, 2.75) is 173 Å². The van der Waals surface area contributed by atoms with E-state index in [1.54, 1.807) is 20.8 Å². The van der Waals surface area contributed by atoms with Gasteiger partial charge >= 0.3 is 12.1 Å². The summed E-state index contributed by atoms with van der Waals surface area (Å²) in [6.07, 6.45) is -2.23. The second-order valence-electron chi connectivity index (χ2n) is 20.1. The zero-order chi connectivity index (χ0) is 51.7. The van der Waals surface area contributed by atoms with E-state index in [-0.39, 0.29) is 49.1 Å². The molecule has 1 unspecified atom stereocenters. The van der Waals surface area contributed by atoms with Crippen LogP contribution in [-0.2, 0) is 58.6 Å². The van der Waals surface area contributed by atoms with E-state index >= 15 is 0 Å². The highest BCUT2D eigenvalue weighted by Crippen LogP contribution is 2.40. The summed E-state index contributed by atoms with van der Waals surface area (Å²) in [6.45, 7) is 10.5. The van der Waals surface area contributed by atoms with E-state index in [1.165, 1.54) is 33.5 Å². The molecule has 18 heteroatoms. The molecule has 0 aromatic heterocycles. The van der Waals surface area contributed by atoms with Gasteiger partial charge in [0.2, 0.25) is 11.7 Å². The molecule has 4 aliphatic rings. The van der Waals surface area contributed by atoms with E-state index in [0.29, 0.717) is 56.9 Å². The van der Waals surface area contributed by atoms with E-state index in [0.717, 1.165) is 22.6 Å². The van der Waals surface area contributed by atoms with Gasteiger partial charge in [-0.3, -0.25) is 19.2 Å². The van der Waals surface area contributed by atoms with Crippen molar-refractivity contribution in [2.24, 2.45) is 29.6 Å². The average Bonchev–Trinajstić information content (AvgIpc) is 3.32. The number of hydrogen-bond acceptors (Lipinski definition) is 13. The summed E-state index contributed by atoms with van der Waals surface area (Å²) in [7, 11) is 4.52. The Labute approximate surface area is 410 Å².